The molecule has 3 aromatic rings. The summed E-state index contributed by atoms with van der Waals surface area (Å²) in [5, 5.41) is 15.1. The standard InChI is InChI=1S/C24H22N2O6/c1-13-5-7-15(8-6-13)22(27)20-21(17-10-9-16(30-3)12-18(17)31-4)26(24(29)23(20)28)19-11-14(2)32-25-19/h5-12,21,27H,1-4H3/t21-/m0/s1. The molecule has 2 aromatic carbocycles. The Morgan fingerprint density at radius 1 is 1.03 bits per heavy atom. The van der Waals surface area contributed by atoms with Gasteiger partial charge in [-0.25, -0.2) is 0 Å². The van der Waals surface area contributed by atoms with Gasteiger partial charge in [0.25, 0.3) is 5.78 Å². The fourth-order valence-electron chi connectivity index (χ4n) is 3.74. The number of anilines is 1. The smallest absolute Gasteiger partial charge is 0.301 e. The second-order valence-corrected chi connectivity index (χ2v) is 7.44. The van der Waals surface area contributed by atoms with E-state index in [0.29, 0.717) is 28.4 Å². The molecule has 32 heavy (non-hydrogen) atoms. The largest absolute Gasteiger partial charge is 0.507 e. The van der Waals surface area contributed by atoms with Gasteiger partial charge in [0.1, 0.15) is 29.1 Å². The molecule has 1 fully saturated rings. The highest BCUT2D eigenvalue weighted by Gasteiger charge is 2.49. The Morgan fingerprint density at radius 3 is 2.34 bits per heavy atom. The quantitative estimate of drug-likeness (QED) is 0.369. The minimum absolute atomic E-state index is 0.0667. The lowest BCUT2D eigenvalue weighted by Crippen LogP contribution is -2.30. The molecule has 8 heteroatoms. The Morgan fingerprint density at radius 2 is 1.75 bits per heavy atom. The minimum atomic E-state index is -0.985. The fraction of sp³-hybridized carbons (Fsp3) is 0.208. The molecule has 164 valence electrons. The summed E-state index contributed by atoms with van der Waals surface area (Å²) >= 11 is 0. The number of rotatable bonds is 5. The second-order valence-electron chi connectivity index (χ2n) is 7.44. The number of aliphatic hydroxyl groups excluding tert-OH is 1. The van der Waals surface area contributed by atoms with Crippen LogP contribution in [0, 0.1) is 13.8 Å². The van der Waals surface area contributed by atoms with Crippen LogP contribution >= 0.6 is 0 Å². The van der Waals surface area contributed by atoms with E-state index >= 15 is 0 Å². The molecule has 0 aliphatic carbocycles. The molecular formula is C24H22N2O6. The number of ether oxygens (including phenoxy) is 2. The number of hydrogen-bond acceptors (Lipinski definition) is 7. The molecule has 0 bridgehead atoms. The first-order chi connectivity index (χ1) is 15.3. The molecule has 1 aliphatic rings. The average Bonchev–Trinajstić information content (AvgIpc) is 3.33. The molecule has 0 unspecified atom stereocenters. The topological polar surface area (TPSA) is 102 Å². The molecule has 1 saturated heterocycles. The maximum Gasteiger partial charge on any atom is 0.301 e. The highest BCUT2D eigenvalue weighted by molar-refractivity contribution is 6.51. The number of benzene rings is 2. The summed E-state index contributed by atoms with van der Waals surface area (Å²) in [5.41, 5.74) is 1.83. The van der Waals surface area contributed by atoms with Crippen molar-refractivity contribution < 1.29 is 28.7 Å². The predicted octanol–water partition coefficient (Wildman–Crippen LogP) is 3.93. The molecule has 8 nitrogen and oxygen atoms in total. The third kappa shape index (κ3) is 3.49. The number of aliphatic hydroxyl groups is 1. The Balaban J connectivity index is 1.98. The molecule has 1 N–H and O–H groups in total. The summed E-state index contributed by atoms with van der Waals surface area (Å²) in [5.74, 6) is -0.374. The summed E-state index contributed by atoms with van der Waals surface area (Å²) in [4.78, 5) is 27.5. The first kappa shape index (κ1) is 21.2. The normalized spacial score (nSPS) is 17.6. The summed E-state index contributed by atoms with van der Waals surface area (Å²) < 4.78 is 15.9. The van der Waals surface area contributed by atoms with E-state index in [4.69, 9.17) is 14.0 Å². The summed E-state index contributed by atoms with van der Waals surface area (Å²) in [6, 6.07) is 12.6. The van der Waals surface area contributed by atoms with Crippen molar-refractivity contribution in [2.45, 2.75) is 19.9 Å². The minimum Gasteiger partial charge on any atom is -0.507 e. The number of carbonyl (C=O) groups is 2. The molecular weight excluding hydrogens is 412 g/mol. The van der Waals surface area contributed by atoms with E-state index in [1.807, 2.05) is 19.1 Å². The number of carbonyl (C=O) groups excluding carboxylic acids is 2. The van der Waals surface area contributed by atoms with Crippen molar-refractivity contribution in [3.05, 3.63) is 76.6 Å². The van der Waals surface area contributed by atoms with Crippen LogP contribution < -0.4 is 14.4 Å². The predicted molar refractivity (Wildman–Crippen MR) is 117 cm³/mol. The Labute approximate surface area is 184 Å². The van der Waals surface area contributed by atoms with Crippen molar-refractivity contribution in [2.24, 2.45) is 0 Å². The van der Waals surface area contributed by atoms with E-state index in [1.165, 1.54) is 19.1 Å². The first-order valence-electron chi connectivity index (χ1n) is 9.89. The zero-order valence-electron chi connectivity index (χ0n) is 18.1. The second kappa shape index (κ2) is 8.22. The van der Waals surface area contributed by atoms with Crippen molar-refractivity contribution in [2.75, 3.05) is 19.1 Å². The Kier molecular flexibility index (Phi) is 5.44. The zero-order valence-corrected chi connectivity index (χ0v) is 18.1. The molecule has 4 rings (SSSR count). The third-order valence-electron chi connectivity index (χ3n) is 5.37. The van der Waals surface area contributed by atoms with Gasteiger partial charge in [-0.1, -0.05) is 35.0 Å². The van der Waals surface area contributed by atoms with Crippen molar-refractivity contribution >= 4 is 23.3 Å². The van der Waals surface area contributed by atoms with Crippen molar-refractivity contribution in [3.8, 4) is 11.5 Å². The monoisotopic (exact) mass is 434 g/mol. The number of nitrogens with zero attached hydrogens (tertiary/aromatic N) is 2. The van der Waals surface area contributed by atoms with Gasteiger partial charge in [0.05, 0.1) is 19.8 Å². The lowest BCUT2D eigenvalue weighted by molar-refractivity contribution is -0.132. The van der Waals surface area contributed by atoms with Gasteiger partial charge in [0, 0.05) is 23.3 Å². The number of amides is 1. The maximum atomic E-state index is 13.2. The van der Waals surface area contributed by atoms with Crippen LogP contribution in [0.3, 0.4) is 0 Å². The lowest BCUT2D eigenvalue weighted by atomic mass is 9.94. The van der Waals surface area contributed by atoms with Crippen LogP contribution in [-0.4, -0.2) is 36.2 Å². The van der Waals surface area contributed by atoms with E-state index in [-0.39, 0.29) is 17.2 Å². The van der Waals surface area contributed by atoms with Crippen LogP contribution in [0.25, 0.3) is 5.76 Å². The van der Waals surface area contributed by atoms with Gasteiger partial charge in [-0.15, -0.1) is 0 Å². The number of ketones is 1. The molecule has 1 atom stereocenters. The first-order valence-corrected chi connectivity index (χ1v) is 9.89. The van der Waals surface area contributed by atoms with Gasteiger partial charge in [0.2, 0.25) is 0 Å². The molecule has 1 aliphatic heterocycles. The van der Waals surface area contributed by atoms with Crippen LogP contribution in [0.15, 0.2) is 58.6 Å². The molecule has 2 heterocycles. The summed E-state index contributed by atoms with van der Waals surface area (Å²) in [7, 11) is 3.00. The summed E-state index contributed by atoms with van der Waals surface area (Å²) in [6.07, 6.45) is 0. The van der Waals surface area contributed by atoms with Crippen LogP contribution in [-0.2, 0) is 9.59 Å². The van der Waals surface area contributed by atoms with Gasteiger partial charge in [0.15, 0.2) is 5.82 Å². The lowest BCUT2D eigenvalue weighted by Gasteiger charge is -2.24. The van der Waals surface area contributed by atoms with Crippen LogP contribution in [0.5, 0.6) is 11.5 Å². The van der Waals surface area contributed by atoms with Gasteiger partial charge >= 0.3 is 5.91 Å². The van der Waals surface area contributed by atoms with E-state index in [2.05, 4.69) is 5.16 Å². The molecule has 1 aromatic heterocycles. The van der Waals surface area contributed by atoms with E-state index in [1.54, 1.807) is 43.3 Å². The Bertz CT molecular complexity index is 1230. The highest BCUT2D eigenvalue weighted by Crippen LogP contribution is 2.45. The molecule has 0 spiro atoms. The highest BCUT2D eigenvalue weighted by atomic mass is 16.5. The van der Waals surface area contributed by atoms with Crippen molar-refractivity contribution in [3.63, 3.8) is 0 Å². The van der Waals surface area contributed by atoms with Crippen LogP contribution in [0.1, 0.15) is 28.5 Å². The van der Waals surface area contributed by atoms with E-state index in [9.17, 15) is 14.7 Å². The van der Waals surface area contributed by atoms with Gasteiger partial charge in [-0.05, 0) is 26.0 Å². The van der Waals surface area contributed by atoms with Gasteiger partial charge in [-0.2, -0.15) is 0 Å². The van der Waals surface area contributed by atoms with Crippen molar-refractivity contribution in [1.82, 2.24) is 5.16 Å². The van der Waals surface area contributed by atoms with Crippen LogP contribution in [0.2, 0.25) is 0 Å². The molecule has 1 amide bonds. The SMILES string of the molecule is COc1ccc([C@H]2C(=C(O)c3ccc(C)cc3)C(=O)C(=O)N2c2cc(C)on2)c(OC)c1. The van der Waals surface area contributed by atoms with E-state index in [0.717, 1.165) is 5.56 Å². The van der Waals surface area contributed by atoms with E-state index < -0.39 is 17.7 Å². The third-order valence-corrected chi connectivity index (χ3v) is 5.37. The average molecular weight is 434 g/mol. The zero-order chi connectivity index (χ0) is 23.0. The Hall–Kier alpha value is -4.07. The fourth-order valence-corrected chi connectivity index (χ4v) is 3.74. The number of methoxy groups -OCH3 is 2. The number of hydrogen-bond donors (Lipinski definition) is 1. The number of aromatic nitrogens is 1. The van der Waals surface area contributed by atoms with Crippen molar-refractivity contribution in [1.29, 1.82) is 0 Å². The number of aryl methyl sites for hydroxylation is 2. The van der Waals surface area contributed by atoms with Gasteiger partial charge in [-0.3, -0.25) is 14.5 Å². The number of Topliss-reactive ketones (excluding diaryl/α,β-unsaturated/α-hetero) is 1. The van der Waals surface area contributed by atoms with Crippen LogP contribution in [0.4, 0.5) is 5.82 Å². The molecule has 0 saturated carbocycles. The summed E-state index contributed by atoms with van der Waals surface area (Å²) in [6.45, 7) is 3.60. The molecule has 0 radical (unpaired) electrons. The van der Waals surface area contributed by atoms with Gasteiger partial charge < -0.3 is 19.1 Å². The maximum absolute atomic E-state index is 13.2.